The van der Waals surface area contributed by atoms with Crippen LogP contribution in [0.5, 0.6) is 0 Å². The van der Waals surface area contributed by atoms with Gasteiger partial charge in [-0.25, -0.2) is 0 Å². The van der Waals surface area contributed by atoms with E-state index in [0.717, 1.165) is 34.3 Å². The van der Waals surface area contributed by atoms with Gasteiger partial charge in [-0.3, -0.25) is 4.79 Å². The number of likely N-dealkylation sites (tertiary alicyclic amines) is 1. The molecular formula is C14H18BrNO2S. The first kappa shape index (κ1) is 13.6. The van der Waals surface area contributed by atoms with Crippen LogP contribution < -0.4 is 0 Å². The van der Waals surface area contributed by atoms with E-state index in [9.17, 15) is 9.90 Å². The summed E-state index contributed by atoms with van der Waals surface area (Å²) in [6.45, 7) is 1.40. The zero-order valence-corrected chi connectivity index (χ0v) is 13.2. The van der Waals surface area contributed by atoms with Gasteiger partial charge in [-0.2, -0.15) is 0 Å². The maximum Gasteiger partial charge on any atom is 0.263 e. The number of thiophene rings is 1. The molecule has 0 aromatic carbocycles. The Morgan fingerprint density at radius 1 is 1.42 bits per heavy atom. The van der Waals surface area contributed by atoms with Gasteiger partial charge in [-0.15, -0.1) is 11.3 Å². The molecule has 3 rings (SSSR count). The Labute approximate surface area is 125 Å². The number of halogens is 1. The average molecular weight is 344 g/mol. The van der Waals surface area contributed by atoms with E-state index in [4.69, 9.17) is 0 Å². The highest BCUT2D eigenvalue weighted by molar-refractivity contribution is 9.11. The van der Waals surface area contributed by atoms with E-state index in [1.165, 1.54) is 17.8 Å². The van der Waals surface area contributed by atoms with Crippen LogP contribution in [0.25, 0.3) is 0 Å². The molecule has 0 bridgehead atoms. The Morgan fingerprint density at radius 2 is 2.26 bits per heavy atom. The van der Waals surface area contributed by atoms with Crippen LogP contribution >= 0.6 is 27.3 Å². The molecule has 19 heavy (non-hydrogen) atoms. The van der Waals surface area contributed by atoms with Crippen LogP contribution in [0.4, 0.5) is 0 Å². The molecule has 2 fully saturated rings. The zero-order chi connectivity index (χ0) is 13.5. The molecule has 1 saturated heterocycles. The minimum Gasteiger partial charge on any atom is -0.389 e. The van der Waals surface area contributed by atoms with Crippen LogP contribution in [-0.2, 0) is 0 Å². The molecule has 2 unspecified atom stereocenters. The van der Waals surface area contributed by atoms with Gasteiger partial charge in [0.2, 0.25) is 0 Å². The third-order valence-corrected chi connectivity index (χ3v) is 6.11. The van der Waals surface area contributed by atoms with Gasteiger partial charge in [0.05, 0.1) is 14.3 Å². The van der Waals surface area contributed by atoms with Crippen molar-refractivity contribution < 1.29 is 9.90 Å². The van der Waals surface area contributed by atoms with E-state index in [2.05, 4.69) is 15.9 Å². The predicted octanol–water partition coefficient (Wildman–Crippen LogP) is 3.28. The van der Waals surface area contributed by atoms with Crippen LogP contribution in [0.15, 0.2) is 15.9 Å². The molecular weight excluding hydrogens is 326 g/mol. The van der Waals surface area contributed by atoms with Crippen molar-refractivity contribution in [3.63, 3.8) is 0 Å². The summed E-state index contributed by atoms with van der Waals surface area (Å²) < 4.78 is 0.988. The van der Waals surface area contributed by atoms with Gasteiger partial charge in [0.25, 0.3) is 5.91 Å². The normalized spacial score (nSPS) is 31.1. The molecule has 2 atom stereocenters. The Morgan fingerprint density at radius 3 is 3.00 bits per heavy atom. The molecule has 5 heteroatoms. The van der Waals surface area contributed by atoms with Crippen molar-refractivity contribution in [3.8, 4) is 0 Å². The first-order valence-electron chi connectivity index (χ1n) is 6.85. The SMILES string of the molecule is O=C(c1ccc(Br)s1)N1CCC2(O)CCCCC2C1. The molecule has 2 heterocycles. The number of carbonyl (C=O) groups excluding carboxylic acids is 1. The highest BCUT2D eigenvalue weighted by atomic mass is 79.9. The summed E-state index contributed by atoms with van der Waals surface area (Å²) in [6.07, 6.45) is 4.99. The third-order valence-electron chi connectivity index (χ3n) is 4.50. The van der Waals surface area contributed by atoms with Crippen molar-refractivity contribution in [1.82, 2.24) is 4.90 Å². The topological polar surface area (TPSA) is 40.5 Å². The first-order valence-corrected chi connectivity index (χ1v) is 8.46. The fraction of sp³-hybridized carbons (Fsp3) is 0.643. The minimum absolute atomic E-state index is 0.114. The first-order chi connectivity index (χ1) is 9.08. The lowest BCUT2D eigenvalue weighted by Gasteiger charge is -2.47. The Hall–Kier alpha value is -0.390. The number of hydrogen-bond donors (Lipinski definition) is 1. The number of rotatable bonds is 1. The summed E-state index contributed by atoms with van der Waals surface area (Å²) in [7, 11) is 0. The number of fused-ring (bicyclic) bond motifs is 1. The predicted molar refractivity (Wildman–Crippen MR) is 79.4 cm³/mol. The summed E-state index contributed by atoms with van der Waals surface area (Å²) in [4.78, 5) is 15.1. The van der Waals surface area contributed by atoms with Crippen molar-refractivity contribution in [2.45, 2.75) is 37.7 Å². The van der Waals surface area contributed by atoms with Gasteiger partial charge in [0.15, 0.2) is 0 Å². The second-order valence-corrected chi connectivity index (χ2v) is 8.11. The summed E-state index contributed by atoms with van der Waals surface area (Å²) in [5.41, 5.74) is -0.509. The van der Waals surface area contributed by atoms with Gasteiger partial charge in [-0.1, -0.05) is 12.8 Å². The van der Waals surface area contributed by atoms with E-state index in [-0.39, 0.29) is 11.8 Å². The number of carbonyl (C=O) groups is 1. The smallest absolute Gasteiger partial charge is 0.263 e. The van der Waals surface area contributed by atoms with Crippen molar-refractivity contribution in [2.75, 3.05) is 13.1 Å². The number of nitrogens with zero attached hydrogens (tertiary/aromatic N) is 1. The van der Waals surface area contributed by atoms with Gasteiger partial charge < -0.3 is 10.0 Å². The molecule has 1 saturated carbocycles. The molecule has 1 amide bonds. The van der Waals surface area contributed by atoms with Gasteiger partial charge >= 0.3 is 0 Å². The number of amides is 1. The molecule has 104 valence electrons. The highest BCUT2D eigenvalue weighted by Crippen LogP contribution is 2.40. The molecule has 1 aromatic rings. The maximum atomic E-state index is 12.4. The van der Waals surface area contributed by atoms with Crippen LogP contribution in [0.3, 0.4) is 0 Å². The molecule has 1 aliphatic carbocycles. The largest absolute Gasteiger partial charge is 0.389 e. The standard InChI is InChI=1S/C14H18BrNO2S/c15-12-5-4-11(19-12)13(17)16-8-7-14(18)6-2-1-3-10(14)9-16/h4-5,10,18H,1-3,6-9H2. The van der Waals surface area contributed by atoms with E-state index in [1.807, 2.05) is 17.0 Å². The summed E-state index contributed by atoms with van der Waals surface area (Å²) in [5.74, 6) is 0.380. The lowest BCUT2D eigenvalue weighted by Crippen LogP contribution is -2.54. The van der Waals surface area contributed by atoms with Crippen LogP contribution in [-0.4, -0.2) is 34.6 Å². The number of aliphatic hydroxyl groups is 1. The molecule has 2 aliphatic rings. The van der Waals surface area contributed by atoms with Crippen molar-refractivity contribution in [3.05, 3.63) is 20.8 Å². The summed E-state index contributed by atoms with van der Waals surface area (Å²) >= 11 is 4.88. The second-order valence-electron chi connectivity index (χ2n) is 5.65. The Balaban J connectivity index is 1.72. The fourth-order valence-corrected chi connectivity index (χ4v) is 4.69. The van der Waals surface area contributed by atoms with E-state index in [0.29, 0.717) is 13.1 Å². The highest BCUT2D eigenvalue weighted by Gasteiger charge is 2.43. The Bertz CT molecular complexity index is 490. The molecule has 3 nitrogen and oxygen atoms in total. The van der Waals surface area contributed by atoms with Gasteiger partial charge in [0, 0.05) is 19.0 Å². The van der Waals surface area contributed by atoms with E-state index in [1.54, 1.807) is 0 Å². The van der Waals surface area contributed by atoms with Crippen LogP contribution in [0.1, 0.15) is 41.8 Å². The summed E-state index contributed by atoms with van der Waals surface area (Å²) in [5, 5.41) is 10.6. The lowest BCUT2D eigenvalue weighted by atomic mass is 9.71. The van der Waals surface area contributed by atoms with Crippen molar-refractivity contribution >= 4 is 33.2 Å². The second kappa shape index (κ2) is 5.19. The maximum absolute atomic E-state index is 12.4. The van der Waals surface area contributed by atoms with Crippen LogP contribution in [0.2, 0.25) is 0 Å². The molecule has 0 spiro atoms. The minimum atomic E-state index is -0.509. The average Bonchev–Trinajstić information content (AvgIpc) is 2.83. The monoisotopic (exact) mass is 343 g/mol. The number of piperidine rings is 1. The third kappa shape index (κ3) is 2.60. The molecule has 1 N–H and O–H groups in total. The molecule has 0 radical (unpaired) electrons. The lowest BCUT2D eigenvalue weighted by molar-refractivity contribution is -0.0885. The van der Waals surface area contributed by atoms with E-state index >= 15 is 0 Å². The van der Waals surface area contributed by atoms with Crippen LogP contribution in [0, 0.1) is 5.92 Å². The van der Waals surface area contributed by atoms with Crippen molar-refractivity contribution in [2.24, 2.45) is 5.92 Å². The number of hydrogen-bond acceptors (Lipinski definition) is 3. The fourth-order valence-electron chi connectivity index (χ4n) is 3.34. The summed E-state index contributed by atoms with van der Waals surface area (Å²) in [6, 6.07) is 3.79. The van der Waals surface area contributed by atoms with Gasteiger partial charge in [-0.05, 0) is 47.3 Å². The van der Waals surface area contributed by atoms with Crippen molar-refractivity contribution in [1.29, 1.82) is 0 Å². The zero-order valence-electron chi connectivity index (χ0n) is 10.8. The van der Waals surface area contributed by atoms with Gasteiger partial charge in [0.1, 0.15) is 0 Å². The molecule has 1 aliphatic heterocycles. The molecule has 1 aromatic heterocycles. The quantitative estimate of drug-likeness (QED) is 0.849. The van der Waals surface area contributed by atoms with E-state index < -0.39 is 5.60 Å². The Kier molecular flexibility index (Phi) is 3.71.